The van der Waals surface area contributed by atoms with Gasteiger partial charge in [0.05, 0.1) is 11.5 Å². The van der Waals surface area contributed by atoms with E-state index in [0.717, 1.165) is 10.4 Å². The normalized spacial score (nSPS) is 11.2. The van der Waals surface area contributed by atoms with Gasteiger partial charge < -0.3 is 4.90 Å². The Labute approximate surface area is 145 Å². The van der Waals surface area contributed by atoms with Gasteiger partial charge in [-0.25, -0.2) is 0 Å². The number of benzene rings is 1. The van der Waals surface area contributed by atoms with Gasteiger partial charge in [-0.3, -0.25) is 14.9 Å². The number of hydrogen-bond donors (Lipinski definition) is 0. The molecule has 0 N–H and O–H groups in total. The molecule has 0 fully saturated rings. The van der Waals surface area contributed by atoms with Crippen LogP contribution in [0.5, 0.6) is 0 Å². The lowest BCUT2D eigenvalue weighted by molar-refractivity contribution is -0.384. The number of carbonyl (C=O) groups is 1. The van der Waals surface area contributed by atoms with Gasteiger partial charge in [0.1, 0.15) is 0 Å². The van der Waals surface area contributed by atoms with Gasteiger partial charge in [-0.15, -0.1) is 11.3 Å². The van der Waals surface area contributed by atoms with Crippen LogP contribution in [-0.2, 0) is 11.3 Å². The third kappa shape index (κ3) is 4.76. The fourth-order valence-electron chi connectivity index (χ4n) is 2.22. The lowest BCUT2D eigenvalue weighted by Crippen LogP contribution is -2.34. The summed E-state index contributed by atoms with van der Waals surface area (Å²) in [6.07, 6.45) is 3.20. The summed E-state index contributed by atoms with van der Waals surface area (Å²) in [5.74, 6) is -0.0746. The summed E-state index contributed by atoms with van der Waals surface area (Å²) < 4.78 is 0. The van der Waals surface area contributed by atoms with Crippen LogP contribution in [0.1, 0.15) is 29.2 Å². The van der Waals surface area contributed by atoms with E-state index in [-0.39, 0.29) is 17.6 Å². The highest BCUT2D eigenvalue weighted by Gasteiger charge is 2.15. The lowest BCUT2D eigenvalue weighted by atomic mass is 10.2. The molecular formula is C18H20N2O3S. The Morgan fingerprint density at radius 3 is 2.42 bits per heavy atom. The van der Waals surface area contributed by atoms with Crippen LogP contribution in [0.2, 0.25) is 0 Å². The highest BCUT2D eigenvalue weighted by Crippen LogP contribution is 2.19. The zero-order valence-electron chi connectivity index (χ0n) is 13.9. The highest BCUT2D eigenvalue weighted by atomic mass is 32.1. The van der Waals surface area contributed by atoms with E-state index in [9.17, 15) is 14.9 Å². The van der Waals surface area contributed by atoms with Gasteiger partial charge >= 0.3 is 0 Å². The molecule has 0 saturated heterocycles. The maximum absolute atomic E-state index is 12.5. The quantitative estimate of drug-likeness (QED) is 0.443. The Morgan fingerprint density at radius 2 is 1.92 bits per heavy atom. The van der Waals surface area contributed by atoms with E-state index in [1.54, 1.807) is 34.4 Å². The maximum atomic E-state index is 12.5. The average molecular weight is 344 g/mol. The molecule has 1 amide bonds. The molecular weight excluding hydrogens is 324 g/mol. The molecule has 0 aliphatic heterocycles. The monoisotopic (exact) mass is 344 g/mol. The van der Waals surface area contributed by atoms with E-state index in [1.807, 2.05) is 26.8 Å². The summed E-state index contributed by atoms with van der Waals surface area (Å²) in [6.45, 7) is 6.60. The van der Waals surface area contributed by atoms with Crippen LogP contribution in [0.15, 0.2) is 42.5 Å². The molecule has 1 heterocycles. The third-order valence-electron chi connectivity index (χ3n) is 3.55. The zero-order valence-corrected chi connectivity index (χ0v) is 14.7. The van der Waals surface area contributed by atoms with Gasteiger partial charge in [0.15, 0.2) is 0 Å². The first-order valence-electron chi connectivity index (χ1n) is 7.65. The van der Waals surface area contributed by atoms with Crippen LogP contribution in [-0.4, -0.2) is 21.8 Å². The third-order valence-corrected chi connectivity index (χ3v) is 4.54. The Kier molecular flexibility index (Phi) is 5.87. The largest absolute Gasteiger partial charge is 0.332 e. The molecule has 5 nitrogen and oxygen atoms in total. The number of nitrogens with zero attached hydrogens (tertiary/aromatic N) is 2. The lowest BCUT2D eigenvalue weighted by Gasteiger charge is -2.25. The molecule has 126 valence electrons. The minimum atomic E-state index is -0.442. The van der Waals surface area contributed by atoms with Gasteiger partial charge in [-0.1, -0.05) is 0 Å². The Morgan fingerprint density at radius 1 is 1.25 bits per heavy atom. The van der Waals surface area contributed by atoms with Crippen molar-refractivity contribution in [3.05, 3.63) is 67.9 Å². The number of non-ortho nitro benzene ring substituents is 1. The summed E-state index contributed by atoms with van der Waals surface area (Å²) in [6, 6.07) is 10.3. The first-order chi connectivity index (χ1) is 11.4. The van der Waals surface area contributed by atoms with Gasteiger partial charge in [0, 0.05) is 34.0 Å². The van der Waals surface area contributed by atoms with Crippen molar-refractivity contribution in [2.75, 3.05) is 0 Å². The van der Waals surface area contributed by atoms with E-state index < -0.39 is 4.92 Å². The fraction of sp³-hybridized carbons (Fsp3) is 0.278. The summed E-state index contributed by atoms with van der Waals surface area (Å²) >= 11 is 1.69. The molecule has 0 spiro atoms. The zero-order chi connectivity index (χ0) is 17.7. The second-order valence-corrected chi connectivity index (χ2v) is 7.13. The molecule has 1 aromatic carbocycles. The molecule has 0 aliphatic carbocycles. The molecule has 0 aliphatic rings. The molecule has 0 atom stereocenters. The maximum Gasteiger partial charge on any atom is 0.269 e. The number of nitro benzene ring substituents is 1. The summed E-state index contributed by atoms with van der Waals surface area (Å²) in [4.78, 5) is 26.9. The second kappa shape index (κ2) is 7.88. The Bertz CT molecular complexity index is 748. The fourth-order valence-corrected chi connectivity index (χ4v) is 3.11. The van der Waals surface area contributed by atoms with Crippen molar-refractivity contribution in [2.45, 2.75) is 33.4 Å². The van der Waals surface area contributed by atoms with Gasteiger partial charge in [0.25, 0.3) is 5.69 Å². The van der Waals surface area contributed by atoms with Crippen LogP contribution in [0.4, 0.5) is 5.69 Å². The van der Waals surface area contributed by atoms with E-state index >= 15 is 0 Å². The van der Waals surface area contributed by atoms with Gasteiger partial charge in [-0.05, 0) is 56.7 Å². The standard InChI is InChI=1S/C18H20N2O3S/c1-13(2)19(12-17-10-4-14(3)24-17)18(21)11-7-15-5-8-16(9-6-15)20(22)23/h4-11,13H,12H2,1-3H3/b11-7+. The van der Waals surface area contributed by atoms with Crippen LogP contribution in [0, 0.1) is 17.0 Å². The van der Waals surface area contributed by atoms with E-state index in [4.69, 9.17) is 0 Å². The molecule has 0 radical (unpaired) electrons. The van der Waals surface area contributed by atoms with Crippen molar-refractivity contribution in [1.82, 2.24) is 4.90 Å². The summed E-state index contributed by atoms with van der Waals surface area (Å²) in [5, 5.41) is 10.6. The number of nitro groups is 1. The van der Waals surface area contributed by atoms with Crippen molar-refractivity contribution in [2.24, 2.45) is 0 Å². The van der Waals surface area contributed by atoms with Crippen LogP contribution in [0.3, 0.4) is 0 Å². The first-order valence-corrected chi connectivity index (χ1v) is 8.47. The minimum Gasteiger partial charge on any atom is -0.332 e. The number of aryl methyl sites for hydroxylation is 1. The summed E-state index contributed by atoms with van der Waals surface area (Å²) in [5.41, 5.74) is 0.792. The minimum absolute atomic E-state index is 0.0374. The number of thiophene rings is 1. The predicted octanol–water partition coefficient (Wildman–Crippen LogP) is 4.42. The van der Waals surface area contributed by atoms with Crippen molar-refractivity contribution in [1.29, 1.82) is 0 Å². The second-order valence-electron chi connectivity index (χ2n) is 5.75. The van der Waals surface area contributed by atoms with Crippen LogP contribution >= 0.6 is 11.3 Å². The molecule has 1 aromatic heterocycles. The SMILES string of the molecule is Cc1ccc(CN(C(=O)/C=C/c2ccc([N+](=O)[O-])cc2)C(C)C)s1. The molecule has 2 rings (SSSR count). The number of amides is 1. The van der Waals surface area contributed by atoms with E-state index in [2.05, 4.69) is 6.07 Å². The Hall–Kier alpha value is -2.47. The van der Waals surface area contributed by atoms with Crippen molar-refractivity contribution in [3.8, 4) is 0 Å². The Balaban J connectivity index is 2.07. The molecule has 6 heteroatoms. The van der Waals surface area contributed by atoms with E-state index in [1.165, 1.54) is 23.1 Å². The molecule has 2 aromatic rings. The first kappa shape index (κ1) is 17.9. The number of rotatable bonds is 6. The topological polar surface area (TPSA) is 63.5 Å². The number of hydrogen-bond acceptors (Lipinski definition) is 4. The van der Waals surface area contributed by atoms with Crippen molar-refractivity contribution in [3.63, 3.8) is 0 Å². The van der Waals surface area contributed by atoms with Gasteiger partial charge in [0.2, 0.25) is 5.91 Å². The number of carbonyl (C=O) groups excluding carboxylic acids is 1. The molecule has 24 heavy (non-hydrogen) atoms. The van der Waals surface area contributed by atoms with Crippen LogP contribution < -0.4 is 0 Å². The molecule has 0 saturated carbocycles. The molecule has 0 bridgehead atoms. The smallest absolute Gasteiger partial charge is 0.269 e. The average Bonchev–Trinajstić information content (AvgIpc) is 2.95. The molecule has 0 unspecified atom stereocenters. The highest BCUT2D eigenvalue weighted by molar-refractivity contribution is 7.11. The predicted molar refractivity (Wildman–Crippen MR) is 96.9 cm³/mol. The van der Waals surface area contributed by atoms with Gasteiger partial charge in [-0.2, -0.15) is 0 Å². The van der Waals surface area contributed by atoms with E-state index in [0.29, 0.717) is 6.54 Å². The van der Waals surface area contributed by atoms with Crippen molar-refractivity contribution < 1.29 is 9.72 Å². The van der Waals surface area contributed by atoms with Crippen molar-refractivity contribution >= 4 is 29.0 Å². The van der Waals surface area contributed by atoms with Crippen LogP contribution in [0.25, 0.3) is 6.08 Å². The summed E-state index contributed by atoms with van der Waals surface area (Å²) in [7, 11) is 0.